The molecule has 1 aromatic heterocycles. The number of aromatic nitrogens is 2. The molecule has 4 heteroatoms. The van der Waals surface area contributed by atoms with Crippen molar-refractivity contribution in [2.24, 2.45) is 5.92 Å². The quantitative estimate of drug-likeness (QED) is 0.773. The normalized spacial score (nSPS) is 11.7. The van der Waals surface area contributed by atoms with Crippen LogP contribution in [0.5, 0.6) is 0 Å². The number of nitrogens with one attached hydrogen (secondary N) is 1. The maximum Gasteiger partial charge on any atom is 0.0666 e. The number of hydrogen-bond acceptors (Lipinski definition) is 3. The fourth-order valence-corrected chi connectivity index (χ4v) is 1.72. The number of aryl methyl sites for hydroxylation is 1. The first-order valence-electron chi connectivity index (χ1n) is 6.84. The van der Waals surface area contributed by atoms with Crippen LogP contribution in [-0.2, 0) is 17.8 Å². The molecule has 104 valence electrons. The van der Waals surface area contributed by atoms with Gasteiger partial charge in [0.1, 0.15) is 0 Å². The average molecular weight is 253 g/mol. The Morgan fingerprint density at radius 2 is 2.06 bits per heavy atom. The number of hydrogen-bond donors (Lipinski definition) is 1. The van der Waals surface area contributed by atoms with Gasteiger partial charge in [-0.1, -0.05) is 13.8 Å². The second-order valence-electron chi connectivity index (χ2n) is 5.45. The van der Waals surface area contributed by atoms with E-state index < -0.39 is 0 Å². The van der Waals surface area contributed by atoms with Gasteiger partial charge in [-0.3, -0.25) is 4.68 Å². The van der Waals surface area contributed by atoms with Gasteiger partial charge in [0.15, 0.2) is 0 Å². The lowest BCUT2D eigenvalue weighted by Gasteiger charge is -2.07. The lowest BCUT2D eigenvalue weighted by molar-refractivity contribution is 0.0709. The van der Waals surface area contributed by atoms with E-state index in [0.29, 0.717) is 5.92 Å². The molecule has 1 heterocycles. The second kappa shape index (κ2) is 7.54. The highest BCUT2D eigenvalue weighted by Gasteiger charge is 2.05. The van der Waals surface area contributed by atoms with Crippen LogP contribution in [0.1, 0.15) is 39.0 Å². The molecule has 0 spiro atoms. The predicted molar refractivity (Wildman–Crippen MR) is 74.6 cm³/mol. The third-order valence-corrected chi connectivity index (χ3v) is 2.69. The van der Waals surface area contributed by atoms with E-state index >= 15 is 0 Å². The van der Waals surface area contributed by atoms with Crippen molar-refractivity contribution < 1.29 is 4.74 Å². The number of rotatable bonds is 8. The van der Waals surface area contributed by atoms with Gasteiger partial charge in [-0.2, -0.15) is 5.10 Å². The van der Waals surface area contributed by atoms with E-state index in [-0.39, 0.29) is 6.10 Å². The third-order valence-electron chi connectivity index (χ3n) is 2.69. The number of nitrogens with zero attached hydrogens (tertiary/aromatic N) is 2. The molecular weight excluding hydrogens is 226 g/mol. The maximum absolute atomic E-state index is 5.53. The third kappa shape index (κ3) is 5.65. The molecule has 1 N–H and O–H groups in total. The van der Waals surface area contributed by atoms with Gasteiger partial charge in [-0.05, 0) is 33.2 Å². The predicted octanol–water partition coefficient (Wildman–Crippen LogP) is 2.36. The molecule has 1 aromatic rings. The largest absolute Gasteiger partial charge is 0.377 e. The Kier molecular flexibility index (Phi) is 6.36. The van der Waals surface area contributed by atoms with Gasteiger partial charge < -0.3 is 10.1 Å². The minimum Gasteiger partial charge on any atom is -0.377 e. The topological polar surface area (TPSA) is 39.1 Å². The molecule has 0 bridgehead atoms. The SMILES string of the molecule is Cc1nn(CCOC(C)C)cc1CNCC(C)C. The Morgan fingerprint density at radius 3 is 2.67 bits per heavy atom. The van der Waals surface area contributed by atoms with Gasteiger partial charge in [-0.25, -0.2) is 0 Å². The van der Waals surface area contributed by atoms with Crippen molar-refractivity contribution in [1.82, 2.24) is 15.1 Å². The van der Waals surface area contributed by atoms with Crippen LogP contribution in [-0.4, -0.2) is 29.0 Å². The van der Waals surface area contributed by atoms with Crippen LogP contribution in [0.25, 0.3) is 0 Å². The van der Waals surface area contributed by atoms with Crippen LogP contribution in [0.3, 0.4) is 0 Å². The van der Waals surface area contributed by atoms with E-state index in [1.807, 2.05) is 4.68 Å². The van der Waals surface area contributed by atoms with E-state index in [4.69, 9.17) is 4.74 Å². The van der Waals surface area contributed by atoms with Crippen molar-refractivity contribution in [3.8, 4) is 0 Å². The maximum atomic E-state index is 5.53. The summed E-state index contributed by atoms with van der Waals surface area (Å²) in [5, 5.41) is 7.95. The van der Waals surface area contributed by atoms with Gasteiger partial charge in [0.25, 0.3) is 0 Å². The first-order chi connectivity index (χ1) is 8.49. The van der Waals surface area contributed by atoms with Crippen LogP contribution in [0.15, 0.2) is 6.20 Å². The molecule has 18 heavy (non-hydrogen) atoms. The average Bonchev–Trinajstić information content (AvgIpc) is 2.58. The van der Waals surface area contributed by atoms with E-state index in [1.165, 1.54) is 5.56 Å². The summed E-state index contributed by atoms with van der Waals surface area (Å²) in [6.07, 6.45) is 2.40. The Hall–Kier alpha value is -0.870. The van der Waals surface area contributed by atoms with Crippen molar-refractivity contribution in [1.29, 1.82) is 0 Å². The fraction of sp³-hybridized carbons (Fsp3) is 0.786. The summed E-state index contributed by atoms with van der Waals surface area (Å²) in [5.74, 6) is 0.680. The highest BCUT2D eigenvalue weighted by Crippen LogP contribution is 2.05. The van der Waals surface area contributed by atoms with Gasteiger partial charge >= 0.3 is 0 Å². The second-order valence-corrected chi connectivity index (χ2v) is 5.45. The van der Waals surface area contributed by atoms with Gasteiger partial charge in [0.05, 0.1) is 24.9 Å². The molecule has 0 saturated carbocycles. The first-order valence-corrected chi connectivity index (χ1v) is 6.84. The molecule has 0 aliphatic rings. The summed E-state index contributed by atoms with van der Waals surface area (Å²) in [5.41, 5.74) is 2.39. The van der Waals surface area contributed by atoms with Crippen LogP contribution in [0.4, 0.5) is 0 Å². The number of ether oxygens (including phenoxy) is 1. The minimum atomic E-state index is 0.286. The zero-order chi connectivity index (χ0) is 13.5. The van der Waals surface area contributed by atoms with Gasteiger partial charge in [-0.15, -0.1) is 0 Å². The highest BCUT2D eigenvalue weighted by molar-refractivity contribution is 5.14. The molecule has 0 unspecified atom stereocenters. The Morgan fingerprint density at radius 1 is 1.33 bits per heavy atom. The zero-order valence-electron chi connectivity index (χ0n) is 12.4. The molecule has 0 amide bonds. The van der Waals surface area contributed by atoms with Crippen molar-refractivity contribution in [2.45, 2.75) is 53.8 Å². The summed E-state index contributed by atoms with van der Waals surface area (Å²) >= 11 is 0. The van der Waals surface area contributed by atoms with Crippen LogP contribution < -0.4 is 5.32 Å². The monoisotopic (exact) mass is 253 g/mol. The minimum absolute atomic E-state index is 0.286. The van der Waals surface area contributed by atoms with Gasteiger partial charge in [0, 0.05) is 18.3 Å². The smallest absolute Gasteiger partial charge is 0.0666 e. The van der Waals surface area contributed by atoms with Crippen molar-refractivity contribution in [2.75, 3.05) is 13.2 Å². The van der Waals surface area contributed by atoms with Crippen molar-refractivity contribution in [3.05, 3.63) is 17.5 Å². The lowest BCUT2D eigenvalue weighted by atomic mass is 10.2. The van der Waals surface area contributed by atoms with Crippen molar-refractivity contribution in [3.63, 3.8) is 0 Å². The molecule has 4 nitrogen and oxygen atoms in total. The zero-order valence-corrected chi connectivity index (χ0v) is 12.4. The van der Waals surface area contributed by atoms with E-state index in [1.54, 1.807) is 0 Å². The highest BCUT2D eigenvalue weighted by atomic mass is 16.5. The first kappa shape index (κ1) is 15.2. The van der Waals surface area contributed by atoms with Crippen LogP contribution in [0.2, 0.25) is 0 Å². The van der Waals surface area contributed by atoms with Crippen LogP contribution >= 0.6 is 0 Å². The van der Waals surface area contributed by atoms with E-state index in [2.05, 4.69) is 51.2 Å². The van der Waals surface area contributed by atoms with E-state index in [0.717, 1.165) is 31.9 Å². The molecule has 0 radical (unpaired) electrons. The molecule has 0 aliphatic carbocycles. The molecule has 0 fully saturated rings. The summed E-state index contributed by atoms with van der Waals surface area (Å²) < 4.78 is 7.51. The Balaban J connectivity index is 2.38. The summed E-state index contributed by atoms with van der Waals surface area (Å²) in [6, 6.07) is 0. The summed E-state index contributed by atoms with van der Waals surface area (Å²) in [4.78, 5) is 0. The molecule has 0 aromatic carbocycles. The molecule has 0 aliphatic heterocycles. The fourth-order valence-electron chi connectivity index (χ4n) is 1.72. The van der Waals surface area contributed by atoms with E-state index in [9.17, 15) is 0 Å². The Labute approximate surface area is 111 Å². The summed E-state index contributed by atoms with van der Waals surface area (Å²) in [6.45, 7) is 14.1. The molecule has 1 rings (SSSR count). The van der Waals surface area contributed by atoms with Crippen molar-refractivity contribution >= 4 is 0 Å². The standard InChI is InChI=1S/C14H27N3O/c1-11(2)8-15-9-14-10-17(16-13(14)5)6-7-18-12(3)4/h10-12,15H,6-9H2,1-5H3. The van der Waals surface area contributed by atoms with Crippen LogP contribution in [0, 0.1) is 12.8 Å². The molecule has 0 saturated heterocycles. The van der Waals surface area contributed by atoms with Gasteiger partial charge in [0.2, 0.25) is 0 Å². The molecular formula is C14H27N3O. The lowest BCUT2D eigenvalue weighted by Crippen LogP contribution is -2.19. The summed E-state index contributed by atoms with van der Waals surface area (Å²) in [7, 11) is 0. The molecule has 0 atom stereocenters. The Bertz CT molecular complexity index is 345.